The van der Waals surface area contributed by atoms with Gasteiger partial charge in [0.2, 0.25) is 10.0 Å². The smallest absolute Gasteiger partial charge is 0.323 e. The first-order valence-electron chi connectivity index (χ1n) is 13.5. The number of anilines is 2. The minimum absolute atomic E-state index is 0.00638. The van der Waals surface area contributed by atoms with Crippen LogP contribution in [0.15, 0.2) is 71.6 Å². The van der Waals surface area contributed by atoms with E-state index in [1.807, 2.05) is 13.8 Å². The largest absolute Gasteiger partial charge is 0.488 e. The molecule has 42 heavy (non-hydrogen) atoms. The van der Waals surface area contributed by atoms with Gasteiger partial charge < -0.3 is 25.4 Å². The van der Waals surface area contributed by atoms with Crippen LogP contribution in [0.3, 0.4) is 0 Å². The molecule has 1 heterocycles. The Morgan fingerprint density at radius 1 is 1.10 bits per heavy atom. The number of sulfonamides is 1. The zero-order chi connectivity index (χ0) is 30.6. The number of carbonyl (C=O) groups excluding carboxylic acids is 2. The second-order valence-corrected chi connectivity index (χ2v) is 12.6. The van der Waals surface area contributed by atoms with Gasteiger partial charge in [0.1, 0.15) is 17.7 Å². The number of aliphatic hydroxyl groups excluding tert-OH is 1. The van der Waals surface area contributed by atoms with Crippen molar-refractivity contribution in [3.63, 3.8) is 0 Å². The van der Waals surface area contributed by atoms with E-state index in [9.17, 15) is 27.5 Å². The molecule has 3 amide bonds. The van der Waals surface area contributed by atoms with Crippen molar-refractivity contribution in [3.05, 3.63) is 83.7 Å². The molecule has 0 saturated heterocycles. The van der Waals surface area contributed by atoms with Gasteiger partial charge in [-0.2, -0.15) is 4.31 Å². The van der Waals surface area contributed by atoms with Crippen molar-refractivity contribution in [2.24, 2.45) is 5.92 Å². The highest BCUT2D eigenvalue weighted by atomic mass is 32.2. The fraction of sp³-hybridized carbons (Fsp3) is 0.333. The molecule has 3 aromatic carbocycles. The first kappa shape index (κ1) is 30.9. The van der Waals surface area contributed by atoms with Crippen LogP contribution in [0, 0.1) is 18.7 Å². The summed E-state index contributed by atoms with van der Waals surface area (Å²) in [7, 11) is -2.33. The maximum absolute atomic E-state index is 13.7. The molecule has 3 N–H and O–H groups in total. The Morgan fingerprint density at radius 3 is 2.36 bits per heavy atom. The first-order valence-corrected chi connectivity index (χ1v) is 14.9. The number of amides is 3. The molecule has 4 rings (SSSR count). The molecule has 0 fully saturated rings. The Bertz CT molecular complexity index is 1530. The molecular formula is C30H35FN4O6S. The van der Waals surface area contributed by atoms with Crippen molar-refractivity contribution in [2.45, 2.75) is 37.8 Å². The van der Waals surface area contributed by atoms with Crippen LogP contribution in [-0.4, -0.2) is 73.6 Å². The minimum atomic E-state index is -3.81. The number of aryl methyl sites for hydroxylation is 1. The van der Waals surface area contributed by atoms with E-state index in [0.29, 0.717) is 11.4 Å². The van der Waals surface area contributed by atoms with Gasteiger partial charge in [0.25, 0.3) is 5.91 Å². The number of nitrogens with zero attached hydrogens (tertiary/aromatic N) is 2. The summed E-state index contributed by atoms with van der Waals surface area (Å²) in [6.07, 6.45) is -0.643. The Kier molecular flexibility index (Phi) is 9.50. The summed E-state index contributed by atoms with van der Waals surface area (Å²) < 4.78 is 47.3. The number of nitrogens with one attached hydrogen (secondary N) is 2. The van der Waals surface area contributed by atoms with Gasteiger partial charge in [-0.25, -0.2) is 17.6 Å². The zero-order valence-electron chi connectivity index (χ0n) is 23.9. The zero-order valence-corrected chi connectivity index (χ0v) is 24.7. The highest BCUT2D eigenvalue weighted by Crippen LogP contribution is 2.31. The molecule has 0 radical (unpaired) electrons. The molecule has 0 spiro atoms. The van der Waals surface area contributed by atoms with Gasteiger partial charge in [-0.05, 0) is 68.4 Å². The van der Waals surface area contributed by atoms with E-state index < -0.39 is 39.9 Å². The Hall–Kier alpha value is -4.00. The van der Waals surface area contributed by atoms with Crippen LogP contribution >= 0.6 is 0 Å². The number of benzene rings is 3. The van der Waals surface area contributed by atoms with Crippen LogP contribution in [0.5, 0.6) is 5.75 Å². The number of hydrogen-bond donors (Lipinski definition) is 3. The van der Waals surface area contributed by atoms with Crippen molar-refractivity contribution < 1.29 is 32.2 Å². The standard InChI is InChI=1S/C30H35FN4O6S/c1-19-5-12-25(13-6-19)42(39,40)34(4)17-28-20(2)16-35(21(3)18-36)29(37)26-15-24(11-14-27(26)41-28)33-30(38)32-23-9-7-22(31)8-10-23/h5-15,20-21,28,36H,16-18H2,1-4H3,(H2,32,33,38)/t20-,21+,28-/m1/s1. The van der Waals surface area contributed by atoms with Crippen LogP contribution in [0.4, 0.5) is 20.6 Å². The minimum Gasteiger partial charge on any atom is -0.488 e. The Labute approximate surface area is 245 Å². The molecule has 0 bridgehead atoms. The molecule has 1 aliphatic heterocycles. The summed E-state index contributed by atoms with van der Waals surface area (Å²) in [5, 5.41) is 15.1. The predicted molar refractivity (Wildman–Crippen MR) is 158 cm³/mol. The summed E-state index contributed by atoms with van der Waals surface area (Å²) >= 11 is 0. The Morgan fingerprint density at radius 2 is 1.71 bits per heavy atom. The van der Waals surface area contributed by atoms with E-state index >= 15 is 0 Å². The van der Waals surface area contributed by atoms with E-state index in [1.165, 1.54) is 46.6 Å². The summed E-state index contributed by atoms with van der Waals surface area (Å²) in [6.45, 7) is 5.38. The fourth-order valence-electron chi connectivity index (χ4n) is 4.59. The summed E-state index contributed by atoms with van der Waals surface area (Å²) in [4.78, 5) is 27.9. The van der Waals surface area contributed by atoms with Gasteiger partial charge in [0.15, 0.2) is 0 Å². The summed E-state index contributed by atoms with van der Waals surface area (Å²) in [6, 6.07) is 15.3. The number of ether oxygens (including phenoxy) is 1. The van der Waals surface area contributed by atoms with E-state index in [0.717, 1.165) is 5.56 Å². The topological polar surface area (TPSA) is 128 Å². The number of carbonyl (C=O) groups is 2. The van der Waals surface area contributed by atoms with Gasteiger partial charge in [0, 0.05) is 30.9 Å². The third kappa shape index (κ3) is 7.07. The second-order valence-electron chi connectivity index (χ2n) is 10.5. The van der Waals surface area contributed by atoms with Crippen LogP contribution in [0.25, 0.3) is 0 Å². The number of rotatable bonds is 8. The monoisotopic (exact) mass is 598 g/mol. The van der Waals surface area contributed by atoms with E-state index in [1.54, 1.807) is 43.3 Å². The van der Waals surface area contributed by atoms with Gasteiger partial charge >= 0.3 is 6.03 Å². The molecule has 12 heteroatoms. The van der Waals surface area contributed by atoms with E-state index in [2.05, 4.69) is 10.6 Å². The van der Waals surface area contributed by atoms with E-state index in [4.69, 9.17) is 4.74 Å². The first-order chi connectivity index (χ1) is 19.9. The van der Waals surface area contributed by atoms with Crippen molar-refractivity contribution in [1.82, 2.24) is 9.21 Å². The summed E-state index contributed by atoms with van der Waals surface area (Å²) in [5.74, 6) is -0.919. The lowest BCUT2D eigenvalue weighted by molar-refractivity contribution is 0.0387. The van der Waals surface area contributed by atoms with Gasteiger partial charge in [-0.1, -0.05) is 24.6 Å². The molecule has 0 aliphatic carbocycles. The van der Waals surface area contributed by atoms with Crippen LogP contribution in [0.2, 0.25) is 0 Å². The van der Waals surface area contributed by atoms with Gasteiger partial charge in [0.05, 0.1) is 29.7 Å². The predicted octanol–water partition coefficient (Wildman–Crippen LogP) is 4.32. The number of aliphatic hydroxyl groups is 1. The van der Waals surface area contributed by atoms with Crippen molar-refractivity contribution in [3.8, 4) is 5.75 Å². The number of urea groups is 1. The molecular weight excluding hydrogens is 563 g/mol. The van der Waals surface area contributed by atoms with Crippen molar-refractivity contribution >= 4 is 33.3 Å². The average molecular weight is 599 g/mol. The molecule has 0 unspecified atom stereocenters. The van der Waals surface area contributed by atoms with Crippen LogP contribution in [0.1, 0.15) is 29.8 Å². The lowest BCUT2D eigenvalue weighted by atomic mass is 9.99. The molecule has 3 aromatic rings. The van der Waals surface area contributed by atoms with Crippen molar-refractivity contribution in [1.29, 1.82) is 0 Å². The Balaban J connectivity index is 1.61. The molecule has 224 valence electrons. The third-order valence-electron chi connectivity index (χ3n) is 7.19. The summed E-state index contributed by atoms with van der Waals surface area (Å²) in [5.41, 5.74) is 1.76. The normalized spacial score (nSPS) is 18.0. The van der Waals surface area contributed by atoms with Gasteiger partial charge in [-0.15, -0.1) is 0 Å². The highest BCUT2D eigenvalue weighted by Gasteiger charge is 2.35. The van der Waals surface area contributed by atoms with Crippen LogP contribution < -0.4 is 15.4 Å². The fourth-order valence-corrected chi connectivity index (χ4v) is 5.77. The number of fused-ring (bicyclic) bond motifs is 1. The third-order valence-corrected chi connectivity index (χ3v) is 9.03. The quantitative estimate of drug-likeness (QED) is 0.354. The second kappa shape index (κ2) is 12.9. The molecule has 3 atom stereocenters. The lowest BCUT2D eigenvalue weighted by Gasteiger charge is -2.38. The SMILES string of the molecule is Cc1ccc(S(=O)(=O)N(C)C[C@H]2Oc3ccc(NC(=O)Nc4ccc(F)cc4)cc3C(=O)N([C@@H](C)CO)C[C@H]2C)cc1. The van der Waals surface area contributed by atoms with Gasteiger partial charge in [-0.3, -0.25) is 4.79 Å². The molecule has 1 aliphatic rings. The number of hydrogen-bond acceptors (Lipinski definition) is 6. The molecule has 0 aromatic heterocycles. The number of halogens is 1. The molecule has 10 nitrogen and oxygen atoms in total. The molecule has 0 saturated carbocycles. The van der Waals surface area contributed by atoms with Crippen molar-refractivity contribution in [2.75, 3.05) is 37.4 Å². The maximum Gasteiger partial charge on any atom is 0.323 e. The highest BCUT2D eigenvalue weighted by molar-refractivity contribution is 7.89. The van der Waals surface area contributed by atoms with E-state index in [-0.39, 0.29) is 41.8 Å². The number of likely N-dealkylation sites (N-methyl/N-ethyl adjacent to an activating group) is 1. The van der Waals surface area contributed by atoms with Crippen LogP contribution in [-0.2, 0) is 10.0 Å². The average Bonchev–Trinajstić information content (AvgIpc) is 2.96. The maximum atomic E-state index is 13.7. The lowest BCUT2D eigenvalue weighted by Crippen LogP contribution is -2.50.